The van der Waals surface area contributed by atoms with Crippen molar-refractivity contribution in [1.82, 2.24) is 9.88 Å². The zero-order chi connectivity index (χ0) is 12.1. The first-order chi connectivity index (χ1) is 8.33. The lowest BCUT2D eigenvalue weighted by Gasteiger charge is -2.17. The minimum absolute atomic E-state index is 0.187. The minimum Gasteiger partial charge on any atom is -0.472 e. The van der Waals surface area contributed by atoms with Gasteiger partial charge in [0.05, 0.1) is 18.6 Å². The SMILES string of the molecule is CCN(CCO)Cc1csc(-c2ccoc2)n1. The third-order valence-corrected chi connectivity index (χ3v) is 3.51. The molecule has 0 amide bonds. The largest absolute Gasteiger partial charge is 0.472 e. The van der Waals surface area contributed by atoms with Gasteiger partial charge in [0.25, 0.3) is 0 Å². The molecule has 0 fully saturated rings. The highest BCUT2D eigenvalue weighted by Crippen LogP contribution is 2.24. The molecular formula is C12H16N2O2S. The summed E-state index contributed by atoms with van der Waals surface area (Å²) in [5, 5.41) is 12.0. The van der Waals surface area contributed by atoms with E-state index in [-0.39, 0.29) is 6.61 Å². The maximum Gasteiger partial charge on any atom is 0.126 e. The van der Waals surface area contributed by atoms with Crippen molar-refractivity contribution in [2.75, 3.05) is 19.7 Å². The number of thiazole rings is 1. The van der Waals surface area contributed by atoms with E-state index in [1.165, 1.54) is 0 Å². The van der Waals surface area contributed by atoms with Gasteiger partial charge in [0, 0.05) is 24.0 Å². The minimum atomic E-state index is 0.187. The van der Waals surface area contributed by atoms with Crippen LogP contribution >= 0.6 is 11.3 Å². The Morgan fingerprint density at radius 2 is 2.41 bits per heavy atom. The summed E-state index contributed by atoms with van der Waals surface area (Å²) in [5.41, 5.74) is 2.06. The predicted octanol–water partition coefficient (Wildman–Crippen LogP) is 2.22. The lowest BCUT2D eigenvalue weighted by atomic mass is 10.3. The van der Waals surface area contributed by atoms with Crippen molar-refractivity contribution in [3.63, 3.8) is 0 Å². The van der Waals surface area contributed by atoms with E-state index >= 15 is 0 Å². The molecule has 17 heavy (non-hydrogen) atoms. The Morgan fingerprint density at radius 1 is 1.53 bits per heavy atom. The van der Waals surface area contributed by atoms with Crippen LogP contribution in [-0.4, -0.2) is 34.7 Å². The summed E-state index contributed by atoms with van der Waals surface area (Å²) in [6, 6.07) is 1.91. The van der Waals surface area contributed by atoms with Crippen molar-refractivity contribution in [3.05, 3.63) is 29.7 Å². The molecule has 0 unspecified atom stereocenters. The van der Waals surface area contributed by atoms with Gasteiger partial charge in [-0.15, -0.1) is 11.3 Å². The summed E-state index contributed by atoms with van der Waals surface area (Å²) in [5.74, 6) is 0. The number of aliphatic hydroxyl groups is 1. The molecule has 1 N–H and O–H groups in total. The highest BCUT2D eigenvalue weighted by molar-refractivity contribution is 7.13. The molecule has 0 saturated heterocycles. The van der Waals surface area contributed by atoms with Gasteiger partial charge < -0.3 is 9.52 Å². The third-order valence-electron chi connectivity index (χ3n) is 2.57. The molecule has 5 heteroatoms. The predicted molar refractivity (Wildman–Crippen MR) is 67.9 cm³/mol. The molecule has 0 spiro atoms. The fraction of sp³-hybridized carbons (Fsp3) is 0.417. The Labute approximate surface area is 105 Å². The van der Waals surface area contributed by atoms with Crippen molar-refractivity contribution in [1.29, 1.82) is 0 Å². The Morgan fingerprint density at radius 3 is 3.06 bits per heavy atom. The van der Waals surface area contributed by atoms with Crippen molar-refractivity contribution < 1.29 is 9.52 Å². The molecule has 0 bridgehead atoms. The molecule has 2 heterocycles. The van der Waals surface area contributed by atoms with Gasteiger partial charge in [0.1, 0.15) is 11.3 Å². The van der Waals surface area contributed by atoms with E-state index in [1.807, 2.05) is 6.07 Å². The molecule has 0 saturated carbocycles. The van der Waals surface area contributed by atoms with Gasteiger partial charge in [-0.1, -0.05) is 6.92 Å². The van der Waals surface area contributed by atoms with Crippen LogP contribution < -0.4 is 0 Å². The smallest absolute Gasteiger partial charge is 0.126 e. The monoisotopic (exact) mass is 252 g/mol. The van der Waals surface area contributed by atoms with Crippen molar-refractivity contribution in [2.24, 2.45) is 0 Å². The lowest BCUT2D eigenvalue weighted by Crippen LogP contribution is -2.26. The summed E-state index contributed by atoms with van der Waals surface area (Å²) < 4.78 is 5.04. The number of rotatable bonds is 6. The van der Waals surface area contributed by atoms with E-state index in [2.05, 4.69) is 22.2 Å². The fourth-order valence-electron chi connectivity index (χ4n) is 1.62. The van der Waals surface area contributed by atoms with Gasteiger partial charge in [0.15, 0.2) is 0 Å². The molecule has 92 valence electrons. The van der Waals surface area contributed by atoms with Crippen LogP contribution in [0.4, 0.5) is 0 Å². The van der Waals surface area contributed by atoms with Crippen molar-refractivity contribution in [3.8, 4) is 10.6 Å². The van der Waals surface area contributed by atoms with E-state index in [9.17, 15) is 0 Å². The first-order valence-corrected chi connectivity index (χ1v) is 6.51. The van der Waals surface area contributed by atoms with Gasteiger partial charge >= 0.3 is 0 Å². The fourth-order valence-corrected chi connectivity index (χ4v) is 2.41. The van der Waals surface area contributed by atoms with E-state index in [1.54, 1.807) is 23.9 Å². The van der Waals surface area contributed by atoms with Crippen LogP contribution in [0.3, 0.4) is 0 Å². The molecule has 0 aliphatic carbocycles. The van der Waals surface area contributed by atoms with E-state index in [0.29, 0.717) is 6.54 Å². The summed E-state index contributed by atoms with van der Waals surface area (Å²) >= 11 is 1.62. The average molecular weight is 252 g/mol. The quantitative estimate of drug-likeness (QED) is 0.856. The first kappa shape index (κ1) is 12.3. The van der Waals surface area contributed by atoms with Crippen LogP contribution in [-0.2, 0) is 6.54 Å². The second-order valence-corrected chi connectivity index (χ2v) is 4.61. The second-order valence-electron chi connectivity index (χ2n) is 3.75. The van der Waals surface area contributed by atoms with Crippen LogP contribution in [0, 0.1) is 0 Å². The van der Waals surface area contributed by atoms with Crippen molar-refractivity contribution in [2.45, 2.75) is 13.5 Å². The standard InChI is InChI=1S/C12H16N2O2S/c1-2-14(4-5-15)7-11-9-17-12(13-11)10-3-6-16-8-10/h3,6,8-9,15H,2,4-5,7H2,1H3. The van der Waals surface area contributed by atoms with Gasteiger partial charge in [-0.05, 0) is 12.6 Å². The Balaban J connectivity index is 2.03. The Kier molecular flexibility index (Phi) is 4.30. The van der Waals surface area contributed by atoms with Crippen LogP contribution in [0.5, 0.6) is 0 Å². The van der Waals surface area contributed by atoms with Crippen LogP contribution in [0.15, 0.2) is 28.4 Å². The number of likely N-dealkylation sites (N-methyl/N-ethyl adjacent to an activating group) is 1. The van der Waals surface area contributed by atoms with Gasteiger partial charge in [-0.2, -0.15) is 0 Å². The number of furan rings is 1. The Hall–Kier alpha value is -1.17. The van der Waals surface area contributed by atoms with E-state index in [4.69, 9.17) is 9.52 Å². The molecule has 0 aliphatic rings. The normalized spacial score (nSPS) is 11.2. The van der Waals surface area contributed by atoms with Gasteiger partial charge in [-0.3, -0.25) is 4.90 Å². The second kappa shape index (κ2) is 5.95. The molecule has 0 aliphatic heterocycles. The van der Waals surface area contributed by atoms with E-state index < -0.39 is 0 Å². The zero-order valence-electron chi connectivity index (χ0n) is 9.80. The lowest BCUT2D eigenvalue weighted by molar-refractivity contribution is 0.195. The van der Waals surface area contributed by atoms with Crippen LogP contribution in [0.1, 0.15) is 12.6 Å². The van der Waals surface area contributed by atoms with E-state index in [0.717, 1.165) is 29.4 Å². The molecule has 2 aromatic heterocycles. The number of hydrogen-bond donors (Lipinski definition) is 1. The Bertz CT molecular complexity index is 439. The zero-order valence-corrected chi connectivity index (χ0v) is 10.6. The molecule has 4 nitrogen and oxygen atoms in total. The summed E-state index contributed by atoms with van der Waals surface area (Å²) in [6.45, 7) is 4.66. The maximum atomic E-state index is 8.93. The molecule has 2 rings (SSSR count). The number of hydrogen-bond acceptors (Lipinski definition) is 5. The number of aromatic nitrogens is 1. The topological polar surface area (TPSA) is 49.5 Å². The third kappa shape index (κ3) is 3.15. The molecule has 0 aromatic carbocycles. The first-order valence-electron chi connectivity index (χ1n) is 5.63. The molecule has 0 atom stereocenters. The number of aliphatic hydroxyl groups excluding tert-OH is 1. The van der Waals surface area contributed by atoms with Gasteiger partial charge in [0.2, 0.25) is 0 Å². The molecule has 0 radical (unpaired) electrons. The molecule has 2 aromatic rings. The summed E-state index contributed by atoms with van der Waals surface area (Å²) in [4.78, 5) is 6.72. The summed E-state index contributed by atoms with van der Waals surface area (Å²) in [7, 11) is 0. The van der Waals surface area contributed by atoms with Crippen molar-refractivity contribution >= 4 is 11.3 Å². The van der Waals surface area contributed by atoms with Crippen LogP contribution in [0.2, 0.25) is 0 Å². The maximum absolute atomic E-state index is 8.93. The summed E-state index contributed by atoms with van der Waals surface area (Å²) in [6.07, 6.45) is 3.36. The number of nitrogens with zero attached hydrogens (tertiary/aromatic N) is 2. The highest BCUT2D eigenvalue weighted by atomic mass is 32.1. The average Bonchev–Trinajstić information content (AvgIpc) is 2.98. The van der Waals surface area contributed by atoms with Gasteiger partial charge in [-0.25, -0.2) is 4.98 Å². The molecular weight excluding hydrogens is 236 g/mol. The van der Waals surface area contributed by atoms with Crippen LogP contribution in [0.25, 0.3) is 10.6 Å². The highest BCUT2D eigenvalue weighted by Gasteiger charge is 2.08.